The van der Waals surface area contributed by atoms with Crippen molar-refractivity contribution in [2.24, 2.45) is 0 Å². The quantitative estimate of drug-likeness (QED) is 0.298. The van der Waals surface area contributed by atoms with Gasteiger partial charge in [-0.15, -0.1) is 10.2 Å². The first kappa shape index (κ1) is 23.9. The minimum atomic E-state index is -0.293. The van der Waals surface area contributed by atoms with E-state index in [1.807, 2.05) is 73.9 Å². The summed E-state index contributed by atoms with van der Waals surface area (Å²) in [5.41, 5.74) is 4.85. The molecule has 0 aliphatic rings. The third kappa shape index (κ3) is 4.72. The molecule has 0 aliphatic heterocycles. The van der Waals surface area contributed by atoms with Gasteiger partial charge in [0.15, 0.2) is 5.82 Å². The maximum Gasteiger partial charge on any atom is 0.236 e. The summed E-state index contributed by atoms with van der Waals surface area (Å²) in [6.07, 6.45) is 0. The number of thioether (sulfide) groups is 1. The van der Waals surface area contributed by atoms with Crippen LogP contribution in [0.25, 0.3) is 17.1 Å². The van der Waals surface area contributed by atoms with Gasteiger partial charge in [-0.25, -0.2) is 4.68 Å². The summed E-state index contributed by atoms with van der Waals surface area (Å²) in [7, 11) is 1.60. The zero-order chi connectivity index (χ0) is 25.1. The molecule has 0 unspecified atom stereocenters. The van der Waals surface area contributed by atoms with E-state index in [0.717, 1.165) is 28.1 Å². The van der Waals surface area contributed by atoms with E-state index < -0.39 is 0 Å². The molecule has 35 heavy (non-hydrogen) atoms. The molecular formula is C25H25N7O2S. The smallest absolute Gasteiger partial charge is 0.236 e. The minimum Gasteiger partial charge on any atom is -0.497 e. The van der Waals surface area contributed by atoms with Gasteiger partial charge in [-0.2, -0.15) is 5.26 Å². The van der Waals surface area contributed by atoms with Crippen molar-refractivity contribution in [1.29, 1.82) is 5.26 Å². The number of aromatic nitrogens is 4. The summed E-state index contributed by atoms with van der Waals surface area (Å²) in [5.74, 6) is 7.59. The summed E-state index contributed by atoms with van der Waals surface area (Å²) >= 11 is 1.17. The number of nitrogens with zero attached hydrogens (tertiary/aromatic N) is 5. The maximum atomic E-state index is 12.9. The minimum absolute atomic E-state index is 0.0417. The van der Waals surface area contributed by atoms with Crippen LogP contribution >= 0.6 is 11.8 Å². The van der Waals surface area contributed by atoms with Gasteiger partial charge < -0.3 is 15.9 Å². The second kappa shape index (κ2) is 9.95. The molecule has 0 atom stereocenters. The Labute approximate surface area is 207 Å². The van der Waals surface area contributed by atoms with Gasteiger partial charge in [-0.05, 0) is 50.6 Å². The number of nitrogens with one attached hydrogen (secondary N) is 1. The normalized spacial score (nSPS) is 10.7. The van der Waals surface area contributed by atoms with Crippen LogP contribution in [0.5, 0.6) is 5.75 Å². The second-order valence-electron chi connectivity index (χ2n) is 7.96. The van der Waals surface area contributed by atoms with E-state index in [1.165, 1.54) is 16.4 Å². The van der Waals surface area contributed by atoms with Gasteiger partial charge in [0.2, 0.25) is 11.1 Å². The number of ether oxygens (including phenoxy) is 1. The number of aryl methyl sites for hydroxylation is 1. The molecular weight excluding hydrogens is 462 g/mol. The largest absolute Gasteiger partial charge is 0.497 e. The summed E-state index contributed by atoms with van der Waals surface area (Å²) in [4.78, 5) is 12.9. The van der Waals surface area contributed by atoms with E-state index in [9.17, 15) is 10.1 Å². The maximum absolute atomic E-state index is 12.9. The Morgan fingerprint density at radius 1 is 1.11 bits per heavy atom. The average Bonchev–Trinajstić information content (AvgIpc) is 3.34. The van der Waals surface area contributed by atoms with Crippen LogP contribution in [0.15, 0.2) is 53.7 Å². The number of rotatable bonds is 7. The molecule has 0 spiro atoms. The molecule has 2 aromatic heterocycles. The van der Waals surface area contributed by atoms with Gasteiger partial charge in [0.25, 0.3) is 0 Å². The van der Waals surface area contributed by atoms with Crippen molar-refractivity contribution in [3.8, 4) is 28.9 Å². The number of nitriles is 1. The highest BCUT2D eigenvalue weighted by molar-refractivity contribution is 7.99. The number of carbonyl (C=O) groups is 1. The van der Waals surface area contributed by atoms with Crippen LogP contribution in [-0.2, 0) is 4.79 Å². The zero-order valence-corrected chi connectivity index (χ0v) is 20.7. The first-order valence-corrected chi connectivity index (χ1v) is 11.8. The van der Waals surface area contributed by atoms with Gasteiger partial charge in [0.05, 0.1) is 18.4 Å². The van der Waals surface area contributed by atoms with Crippen molar-refractivity contribution in [2.75, 3.05) is 24.0 Å². The van der Waals surface area contributed by atoms with Crippen molar-refractivity contribution >= 4 is 23.5 Å². The van der Waals surface area contributed by atoms with Crippen molar-refractivity contribution in [3.63, 3.8) is 0 Å². The molecule has 0 fully saturated rings. The first-order valence-electron chi connectivity index (χ1n) is 10.8. The number of nitrogens with two attached hydrogens (primary N) is 1. The van der Waals surface area contributed by atoms with E-state index in [0.29, 0.717) is 28.1 Å². The summed E-state index contributed by atoms with van der Waals surface area (Å²) in [6, 6.07) is 17.4. The second-order valence-corrected chi connectivity index (χ2v) is 8.90. The standard InChI is InChI=1S/C25H25N7O2S/c1-15-5-7-18(8-6-15)23-29-30-25(32(23)27)35-14-22(33)28-24-21(13-26)16(2)17(3)31(24)19-9-11-20(34-4)12-10-19/h5-12H,14,27H2,1-4H3,(H,28,33). The van der Waals surface area contributed by atoms with Crippen LogP contribution < -0.4 is 15.9 Å². The number of amides is 1. The lowest BCUT2D eigenvalue weighted by Crippen LogP contribution is -2.19. The van der Waals surface area contributed by atoms with Gasteiger partial charge in [0.1, 0.15) is 17.6 Å². The number of nitrogen functional groups attached to an aromatic ring is 1. The fourth-order valence-corrected chi connectivity index (χ4v) is 4.34. The number of hydrogen-bond donors (Lipinski definition) is 2. The Hall–Kier alpha value is -4.23. The lowest BCUT2D eigenvalue weighted by molar-refractivity contribution is -0.113. The Morgan fingerprint density at radius 2 is 1.80 bits per heavy atom. The van der Waals surface area contributed by atoms with Gasteiger partial charge in [-0.1, -0.05) is 41.6 Å². The monoisotopic (exact) mass is 487 g/mol. The van der Waals surface area contributed by atoms with Crippen LogP contribution in [0.4, 0.5) is 5.82 Å². The van der Waals surface area contributed by atoms with Crippen LogP contribution in [-0.4, -0.2) is 38.2 Å². The fourth-order valence-electron chi connectivity index (χ4n) is 3.69. The molecule has 0 saturated carbocycles. The predicted octanol–water partition coefficient (Wildman–Crippen LogP) is 3.99. The summed E-state index contributed by atoms with van der Waals surface area (Å²) in [6.45, 7) is 5.78. The molecule has 2 heterocycles. The van der Waals surface area contributed by atoms with Gasteiger partial charge in [-0.3, -0.25) is 9.36 Å². The highest BCUT2D eigenvalue weighted by Crippen LogP contribution is 2.31. The van der Waals surface area contributed by atoms with E-state index >= 15 is 0 Å². The number of hydrogen-bond acceptors (Lipinski definition) is 7. The van der Waals surface area contributed by atoms with Gasteiger partial charge >= 0.3 is 0 Å². The molecule has 1 amide bonds. The molecule has 4 aromatic rings. The predicted molar refractivity (Wildman–Crippen MR) is 136 cm³/mol. The lowest BCUT2D eigenvalue weighted by atomic mass is 10.1. The highest BCUT2D eigenvalue weighted by Gasteiger charge is 2.21. The first-order chi connectivity index (χ1) is 16.8. The van der Waals surface area contributed by atoms with E-state index in [2.05, 4.69) is 21.6 Å². The number of benzene rings is 2. The average molecular weight is 488 g/mol. The summed E-state index contributed by atoms with van der Waals surface area (Å²) < 4.78 is 8.47. The molecule has 2 aromatic carbocycles. The summed E-state index contributed by atoms with van der Waals surface area (Å²) in [5, 5.41) is 21.4. The molecule has 0 bridgehead atoms. The third-order valence-electron chi connectivity index (χ3n) is 5.72. The molecule has 9 nitrogen and oxygen atoms in total. The lowest BCUT2D eigenvalue weighted by Gasteiger charge is -2.13. The number of anilines is 1. The topological polar surface area (TPSA) is 124 Å². The molecule has 0 saturated heterocycles. The van der Waals surface area contributed by atoms with E-state index in [1.54, 1.807) is 7.11 Å². The Kier molecular flexibility index (Phi) is 6.80. The van der Waals surface area contributed by atoms with Crippen LogP contribution in [0.2, 0.25) is 0 Å². The molecule has 0 radical (unpaired) electrons. The Bertz CT molecular complexity index is 1410. The van der Waals surface area contributed by atoms with Crippen molar-refractivity contribution in [3.05, 3.63) is 70.9 Å². The SMILES string of the molecule is COc1ccc(-n2c(C)c(C)c(C#N)c2NC(=O)CSc2nnc(-c3ccc(C)cc3)n2N)cc1. The number of carbonyl (C=O) groups excluding carboxylic acids is 1. The van der Waals surface area contributed by atoms with Gasteiger partial charge in [0, 0.05) is 16.9 Å². The third-order valence-corrected chi connectivity index (χ3v) is 6.66. The molecule has 4 rings (SSSR count). The Morgan fingerprint density at radius 3 is 2.43 bits per heavy atom. The number of methoxy groups -OCH3 is 1. The Balaban J connectivity index is 1.54. The zero-order valence-electron chi connectivity index (χ0n) is 19.9. The van der Waals surface area contributed by atoms with Crippen molar-refractivity contribution < 1.29 is 9.53 Å². The van der Waals surface area contributed by atoms with Crippen LogP contribution in [0.1, 0.15) is 22.4 Å². The van der Waals surface area contributed by atoms with E-state index in [-0.39, 0.29) is 11.7 Å². The highest BCUT2D eigenvalue weighted by atomic mass is 32.2. The molecule has 0 aliphatic carbocycles. The van der Waals surface area contributed by atoms with Crippen molar-refractivity contribution in [1.82, 2.24) is 19.4 Å². The molecule has 10 heteroatoms. The van der Waals surface area contributed by atoms with Crippen LogP contribution in [0, 0.1) is 32.1 Å². The fraction of sp³-hybridized carbons (Fsp3) is 0.200. The van der Waals surface area contributed by atoms with Crippen LogP contribution in [0.3, 0.4) is 0 Å². The van der Waals surface area contributed by atoms with E-state index in [4.69, 9.17) is 10.6 Å². The molecule has 3 N–H and O–H groups in total. The molecule has 178 valence electrons. The van der Waals surface area contributed by atoms with Crippen molar-refractivity contribution in [2.45, 2.75) is 25.9 Å².